The molecule has 0 amide bonds. The summed E-state index contributed by atoms with van der Waals surface area (Å²) in [5.41, 5.74) is 16.9. The minimum Gasteiger partial charge on any atom is -0.496 e. The van der Waals surface area contributed by atoms with Crippen molar-refractivity contribution in [2.24, 2.45) is 0 Å². The number of benzene rings is 1. The SMILES string of the molecule is COc1c(C(C)n2nc(C)c3c(N)ncnc32)cc(Cl)c(C)c1-c1ccnc(N)c1. The van der Waals surface area contributed by atoms with Crippen LogP contribution in [0.2, 0.25) is 5.02 Å². The van der Waals surface area contributed by atoms with Crippen LogP contribution in [0.3, 0.4) is 0 Å². The molecule has 1 unspecified atom stereocenters. The van der Waals surface area contributed by atoms with Crippen molar-refractivity contribution >= 4 is 34.3 Å². The Hall–Kier alpha value is -3.39. The molecule has 30 heavy (non-hydrogen) atoms. The first-order valence-corrected chi connectivity index (χ1v) is 9.75. The molecule has 4 rings (SSSR count). The van der Waals surface area contributed by atoms with Gasteiger partial charge >= 0.3 is 0 Å². The number of hydrogen-bond acceptors (Lipinski definition) is 7. The molecule has 154 valence electrons. The smallest absolute Gasteiger partial charge is 0.164 e. The van der Waals surface area contributed by atoms with Crippen molar-refractivity contribution in [3.63, 3.8) is 0 Å². The van der Waals surface area contributed by atoms with Crippen LogP contribution in [0.15, 0.2) is 30.7 Å². The van der Waals surface area contributed by atoms with Gasteiger partial charge in [-0.05, 0) is 50.1 Å². The van der Waals surface area contributed by atoms with Gasteiger partial charge in [-0.1, -0.05) is 11.6 Å². The third kappa shape index (κ3) is 3.09. The van der Waals surface area contributed by atoms with Crippen molar-refractivity contribution in [3.8, 4) is 16.9 Å². The van der Waals surface area contributed by atoms with E-state index in [-0.39, 0.29) is 6.04 Å². The van der Waals surface area contributed by atoms with Gasteiger partial charge < -0.3 is 16.2 Å². The molecule has 0 aliphatic rings. The molecule has 3 heterocycles. The fourth-order valence-corrected chi connectivity index (χ4v) is 4.01. The molecule has 9 heteroatoms. The van der Waals surface area contributed by atoms with Gasteiger partial charge in [0.15, 0.2) is 5.65 Å². The van der Waals surface area contributed by atoms with E-state index in [2.05, 4.69) is 20.1 Å². The van der Waals surface area contributed by atoms with E-state index in [9.17, 15) is 0 Å². The highest BCUT2D eigenvalue weighted by Gasteiger charge is 2.25. The van der Waals surface area contributed by atoms with Crippen molar-refractivity contribution in [3.05, 3.63) is 52.6 Å². The predicted molar refractivity (Wildman–Crippen MR) is 119 cm³/mol. The lowest BCUT2D eigenvalue weighted by Gasteiger charge is -2.22. The lowest BCUT2D eigenvalue weighted by molar-refractivity contribution is 0.402. The number of nitrogens with two attached hydrogens (primary N) is 2. The van der Waals surface area contributed by atoms with Crippen molar-refractivity contribution in [1.29, 1.82) is 0 Å². The Labute approximate surface area is 178 Å². The maximum Gasteiger partial charge on any atom is 0.164 e. The number of hydrogen-bond donors (Lipinski definition) is 2. The Morgan fingerprint density at radius 1 is 1.13 bits per heavy atom. The Morgan fingerprint density at radius 3 is 2.60 bits per heavy atom. The second kappa shape index (κ2) is 7.46. The van der Waals surface area contributed by atoms with Gasteiger partial charge in [0.1, 0.15) is 23.7 Å². The summed E-state index contributed by atoms with van der Waals surface area (Å²) in [6, 6.07) is 5.35. The van der Waals surface area contributed by atoms with Crippen molar-refractivity contribution in [2.75, 3.05) is 18.6 Å². The molecule has 1 aromatic carbocycles. The Bertz CT molecular complexity index is 1270. The molecule has 0 saturated heterocycles. The van der Waals surface area contributed by atoms with Crippen LogP contribution < -0.4 is 16.2 Å². The molecular weight excluding hydrogens is 402 g/mol. The number of halogens is 1. The average Bonchev–Trinajstić information content (AvgIpc) is 3.06. The summed E-state index contributed by atoms with van der Waals surface area (Å²) in [7, 11) is 1.64. The van der Waals surface area contributed by atoms with E-state index in [1.807, 2.05) is 37.6 Å². The molecule has 0 aliphatic heterocycles. The van der Waals surface area contributed by atoms with Gasteiger partial charge in [-0.2, -0.15) is 5.10 Å². The summed E-state index contributed by atoms with van der Waals surface area (Å²) in [5.74, 6) is 1.51. The maximum atomic E-state index is 6.64. The monoisotopic (exact) mass is 423 g/mol. The van der Waals surface area contributed by atoms with E-state index in [1.165, 1.54) is 6.33 Å². The number of pyridine rings is 1. The lowest BCUT2D eigenvalue weighted by Crippen LogP contribution is -2.12. The second-order valence-electron chi connectivity index (χ2n) is 7.11. The highest BCUT2D eigenvalue weighted by Crippen LogP contribution is 2.43. The summed E-state index contributed by atoms with van der Waals surface area (Å²) in [6.07, 6.45) is 3.10. The third-order valence-corrected chi connectivity index (χ3v) is 5.68. The largest absolute Gasteiger partial charge is 0.496 e. The quantitative estimate of drug-likeness (QED) is 0.510. The first-order chi connectivity index (χ1) is 14.3. The first-order valence-electron chi connectivity index (χ1n) is 9.37. The molecule has 0 bridgehead atoms. The van der Waals surface area contributed by atoms with Crippen molar-refractivity contribution < 1.29 is 4.74 Å². The molecule has 3 aromatic heterocycles. The van der Waals surface area contributed by atoms with Gasteiger partial charge in [0.2, 0.25) is 0 Å². The van der Waals surface area contributed by atoms with E-state index in [0.29, 0.717) is 28.1 Å². The van der Waals surface area contributed by atoms with Crippen molar-refractivity contribution in [1.82, 2.24) is 24.7 Å². The number of nitrogen functional groups attached to an aromatic ring is 2. The first kappa shape index (κ1) is 19.9. The number of methoxy groups -OCH3 is 1. The van der Waals surface area contributed by atoms with Crippen LogP contribution in [0.4, 0.5) is 11.6 Å². The third-order valence-electron chi connectivity index (χ3n) is 5.29. The number of fused-ring (bicyclic) bond motifs is 1. The fraction of sp³-hybridized carbons (Fsp3) is 0.238. The van der Waals surface area contributed by atoms with E-state index >= 15 is 0 Å². The number of rotatable bonds is 4. The molecule has 0 saturated carbocycles. The molecule has 0 radical (unpaired) electrons. The van der Waals surface area contributed by atoms with E-state index in [1.54, 1.807) is 19.4 Å². The van der Waals surface area contributed by atoms with Gasteiger partial charge in [-0.3, -0.25) is 0 Å². The highest BCUT2D eigenvalue weighted by molar-refractivity contribution is 6.32. The number of ether oxygens (including phenoxy) is 1. The van der Waals surface area contributed by atoms with E-state index in [0.717, 1.165) is 33.3 Å². The topological polar surface area (TPSA) is 118 Å². The fourth-order valence-electron chi connectivity index (χ4n) is 3.80. The normalized spacial score (nSPS) is 12.3. The summed E-state index contributed by atoms with van der Waals surface area (Å²) in [6.45, 7) is 5.85. The number of anilines is 2. The van der Waals surface area contributed by atoms with Crippen molar-refractivity contribution in [2.45, 2.75) is 26.8 Å². The second-order valence-corrected chi connectivity index (χ2v) is 7.52. The van der Waals surface area contributed by atoms with Crippen LogP contribution in [-0.2, 0) is 0 Å². The van der Waals surface area contributed by atoms with Crippen LogP contribution in [-0.4, -0.2) is 31.8 Å². The molecule has 4 N–H and O–H groups in total. The molecular formula is C21H22ClN7O. The average molecular weight is 424 g/mol. The summed E-state index contributed by atoms with van der Waals surface area (Å²) in [5, 5.41) is 6.03. The molecule has 0 aliphatic carbocycles. The van der Waals surface area contributed by atoms with Crippen LogP contribution in [0.5, 0.6) is 5.75 Å². The summed E-state index contributed by atoms with van der Waals surface area (Å²) in [4.78, 5) is 12.6. The van der Waals surface area contributed by atoms with Gasteiger partial charge in [-0.15, -0.1) is 0 Å². The number of aromatic nitrogens is 5. The Balaban J connectivity index is 1.97. The zero-order valence-corrected chi connectivity index (χ0v) is 17.9. The zero-order valence-electron chi connectivity index (χ0n) is 17.1. The Kier molecular flexibility index (Phi) is 4.95. The van der Waals surface area contributed by atoms with E-state index in [4.69, 9.17) is 27.8 Å². The Morgan fingerprint density at radius 2 is 1.90 bits per heavy atom. The van der Waals surface area contributed by atoms with Gasteiger partial charge in [0, 0.05) is 22.3 Å². The van der Waals surface area contributed by atoms with E-state index < -0.39 is 0 Å². The molecule has 0 fully saturated rings. The number of aryl methyl sites for hydroxylation is 1. The molecule has 1 atom stereocenters. The van der Waals surface area contributed by atoms with Gasteiger partial charge in [0.25, 0.3) is 0 Å². The van der Waals surface area contributed by atoms with Crippen LogP contribution >= 0.6 is 11.6 Å². The minimum atomic E-state index is -0.235. The molecule has 4 aromatic rings. The zero-order chi connectivity index (χ0) is 21.6. The van der Waals surface area contributed by atoms with Gasteiger partial charge in [-0.25, -0.2) is 19.6 Å². The maximum absolute atomic E-state index is 6.64. The minimum absolute atomic E-state index is 0.235. The molecule has 8 nitrogen and oxygen atoms in total. The van der Waals surface area contributed by atoms with Crippen LogP contribution in [0.25, 0.3) is 22.2 Å². The van der Waals surface area contributed by atoms with Gasteiger partial charge in [0.05, 0.1) is 24.2 Å². The summed E-state index contributed by atoms with van der Waals surface area (Å²) < 4.78 is 7.69. The standard InChI is InChI=1S/C21H22ClN7O/c1-10-15(22)8-14(19(30-4)17(10)13-5-6-25-16(23)7-13)12(3)29-21-18(11(2)28-29)20(24)26-9-27-21/h5-9,12H,1-4H3,(H2,23,25)(H2,24,26,27). The lowest BCUT2D eigenvalue weighted by atomic mass is 9.94. The van der Waals surface area contributed by atoms with Crippen LogP contribution in [0, 0.1) is 13.8 Å². The number of nitrogens with zero attached hydrogens (tertiary/aromatic N) is 5. The molecule has 0 spiro atoms. The predicted octanol–water partition coefficient (Wildman–Crippen LogP) is 3.94. The van der Waals surface area contributed by atoms with Crippen LogP contribution in [0.1, 0.15) is 29.8 Å². The summed E-state index contributed by atoms with van der Waals surface area (Å²) >= 11 is 6.64. The highest BCUT2D eigenvalue weighted by atomic mass is 35.5.